The summed E-state index contributed by atoms with van der Waals surface area (Å²) >= 11 is 0. The number of alkyl halides is 3. The summed E-state index contributed by atoms with van der Waals surface area (Å²) in [6, 6.07) is 5.97. The number of nitrogens with zero attached hydrogens (tertiary/aromatic N) is 2. The van der Waals surface area contributed by atoms with E-state index in [9.17, 15) is 13.2 Å². The molecular weight excluding hydrogens is 323 g/mol. The summed E-state index contributed by atoms with van der Waals surface area (Å²) in [5.74, 6) is 0.985. The number of nitrogens with one attached hydrogen (secondary N) is 1. The number of hydrogen-bond acceptors (Lipinski definition) is 5. The Morgan fingerprint density at radius 3 is 2.54 bits per heavy atom. The van der Waals surface area contributed by atoms with Crippen LogP contribution < -0.4 is 10.1 Å². The van der Waals surface area contributed by atoms with Crippen molar-refractivity contribution in [2.24, 2.45) is 0 Å². The SMILES string of the molecule is CCCc1nc(CNC2(c3ccc(OC(F)(F)F)cc3)CC2)no1. The fraction of sp³-hybridized carbons (Fsp3) is 0.500. The minimum atomic E-state index is -4.67. The second-order valence-electron chi connectivity index (χ2n) is 5.86. The zero-order chi connectivity index (χ0) is 17.2. The first-order chi connectivity index (χ1) is 11.4. The smallest absolute Gasteiger partial charge is 0.406 e. The van der Waals surface area contributed by atoms with Crippen LogP contribution in [0.3, 0.4) is 0 Å². The van der Waals surface area contributed by atoms with Gasteiger partial charge in [0.25, 0.3) is 0 Å². The van der Waals surface area contributed by atoms with Crippen molar-refractivity contribution >= 4 is 0 Å². The molecule has 0 spiro atoms. The fourth-order valence-electron chi connectivity index (χ4n) is 2.59. The topological polar surface area (TPSA) is 60.2 Å². The van der Waals surface area contributed by atoms with E-state index >= 15 is 0 Å². The second kappa shape index (κ2) is 6.43. The van der Waals surface area contributed by atoms with Crippen LogP contribution in [0, 0.1) is 0 Å². The summed E-state index contributed by atoms with van der Waals surface area (Å²) in [6.45, 7) is 2.49. The summed E-state index contributed by atoms with van der Waals surface area (Å²) in [4.78, 5) is 4.29. The second-order valence-corrected chi connectivity index (χ2v) is 5.86. The van der Waals surface area contributed by atoms with E-state index < -0.39 is 6.36 Å². The molecule has 24 heavy (non-hydrogen) atoms. The van der Waals surface area contributed by atoms with Gasteiger partial charge in [-0.3, -0.25) is 0 Å². The van der Waals surface area contributed by atoms with E-state index in [2.05, 4.69) is 20.2 Å². The lowest BCUT2D eigenvalue weighted by molar-refractivity contribution is -0.274. The lowest BCUT2D eigenvalue weighted by Crippen LogP contribution is -2.28. The first-order valence-corrected chi connectivity index (χ1v) is 7.83. The molecule has 130 valence electrons. The number of aromatic nitrogens is 2. The summed E-state index contributed by atoms with van der Waals surface area (Å²) < 4.78 is 45.6. The van der Waals surface area contributed by atoms with Crippen LogP contribution in [0.5, 0.6) is 5.75 Å². The number of halogens is 3. The molecule has 0 unspecified atom stereocenters. The molecule has 5 nitrogen and oxygen atoms in total. The molecule has 0 atom stereocenters. The van der Waals surface area contributed by atoms with Crippen molar-refractivity contribution in [1.82, 2.24) is 15.5 Å². The molecule has 0 radical (unpaired) electrons. The maximum absolute atomic E-state index is 12.2. The molecule has 1 saturated carbocycles. The average molecular weight is 341 g/mol. The van der Waals surface area contributed by atoms with Gasteiger partial charge in [-0.2, -0.15) is 4.98 Å². The molecule has 1 aromatic carbocycles. The summed E-state index contributed by atoms with van der Waals surface area (Å²) in [5, 5.41) is 7.30. The third kappa shape index (κ3) is 4.05. The molecule has 1 aromatic heterocycles. The summed E-state index contributed by atoms with van der Waals surface area (Å²) in [5.41, 5.74) is 0.691. The van der Waals surface area contributed by atoms with Crippen LogP contribution in [-0.4, -0.2) is 16.5 Å². The molecule has 3 rings (SSSR count). The average Bonchev–Trinajstić information content (AvgIpc) is 3.18. The van der Waals surface area contributed by atoms with E-state index in [0.29, 0.717) is 18.3 Å². The van der Waals surface area contributed by atoms with Gasteiger partial charge in [-0.05, 0) is 37.0 Å². The Kier molecular flexibility index (Phi) is 4.49. The van der Waals surface area contributed by atoms with Gasteiger partial charge >= 0.3 is 6.36 Å². The standard InChI is InChI=1S/C16H18F3N3O2/c1-2-3-14-21-13(22-24-14)10-20-15(8-9-15)11-4-6-12(7-5-11)23-16(17,18)19/h4-7,20H,2-3,8-10H2,1H3. The van der Waals surface area contributed by atoms with Gasteiger partial charge < -0.3 is 14.6 Å². The largest absolute Gasteiger partial charge is 0.573 e. The van der Waals surface area contributed by atoms with E-state index in [1.807, 2.05) is 6.92 Å². The van der Waals surface area contributed by atoms with Crippen molar-refractivity contribution < 1.29 is 22.4 Å². The lowest BCUT2D eigenvalue weighted by atomic mass is 10.0. The van der Waals surface area contributed by atoms with Crippen molar-refractivity contribution in [3.8, 4) is 5.75 Å². The van der Waals surface area contributed by atoms with Gasteiger partial charge in [0.1, 0.15) is 5.75 Å². The Balaban J connectivity index is 1.61. The van der Waals surface area contributed by atoms with E-state index in [1.165, 1.54) is 12.1 Å². The zero-order valence-corrected chi connectivity index (χ0v) is 13.2. The molecule has 8 heteroatoms. The number of benzene rings is 1. The Labute approximate surface area is 137 Å². The molecule has 0 aliphatic heterocycles. The van der Waals surface area contributed by atoms with Crippen molar-refractivity contribution in [2.45, 2.75) is 51.1 Å². The van der Waals surface area contributed by atoms with E-state index in [-0.39, 0.29) is 11.3 Å². The number of aryl methyl sites for hydroxylation is 1. The number of rotatable bonds is 7. The van der Waals surface area contributed by atoms with Gasteiger partial charge in [0.15, 0.2) is 5.82 Å². The number of hydrogen-bond donors (Lipinski definition) is 1. The van der Waals surface area contributed by atoms with Crippen molar-refractivity contribution in [1.29, 1.82) is 0 Å². The van der Waals surface area contributed by atoms with E-state index in [1.54, 1.807) is 12.1 Å². The normalized spacial score (nSPS) is 16.2. The van der Waals surface area contributed by atoms with Crippen molar-refractivity contribution in [2.75, 3.05) is 0 Å². The molecule has 1 N–H and O–H groups in total. The highest BCUT2D eigenvalue weighted by Crippen LogP contribution is 2.46. The van der Waals surface area contributed by atoms with Crippen LogP contribution in [-0.2, 0) is 18.5 Å². The highest BCUT2D eigenvalue weighted by atomic mass is 19.4. The molecule has 1 aliphatic rings. The van der Waals surface area contributed by atoms with Crippen LogP contribution in [0.15, 0.2) is 28.8 Å². The molecular formula is C16H18F3N3O2. The van der Waals surface area contributed by atoms with Crippen LogP contribution in [0.4, 0.5) is 13.2 Å². The van der Waals surface area contributed by atoms with Gasteiger partial charge in [0.2, 0.25) is 5.89 Å². The number of ether oxygens (including phenoxy) is 1. The highest BCUT2D eigenvalue weighted by Gasteiger charge is 2.44. The highest BCUT2D eigenvalue weighted by molar-refractivity contribution is 5.35. The zero-order valence-electron chi connectivity index (χ0n) is 13.2. The molecule has 2 aromatic rings. The van der Waals surface area contributed by atoms with Crippen LogP contribution >= 0.6 is 0 Å². The monoisotopic (exact) mass is 341 g/mol. The van der Waals surface area contributed by atoms with Crippen molar-refractivity contribution in [3.63, 3.8) is 0 Å². The quantitative estimate of drug-likeness (QED) is 0.832. The molecule has 1 heterocycles. The minimum Gasteiger partial charge on any atom is -0.406 e. The first-order valence-electron chi connectivity index (χ1n) is 7.83. The molecule has 0 amide bonds. The van der Waals surface area contributed by atoms with Crippen LogP contribution in [0.1, 0.15) is 43.5 Å². The van der Waals surface area contributed by atoms with E-state index in [0.717, 1.165) is 31.2 Å². The Bertz CT molecular complexity index is 679. The third-order valence-corrected chi connectivity index (χ3v) is 3.95. The van der Waals surface area contributed by atoms with Crippen LogP contribution in [0.2, 0.25) is 0 Å². The molecule has 0 bridgehead atoms. The fourth-order valence-corrected chi connectivity index (χ4v) is 2.59. The molecule has 0 saturated heterocycles. The minimum absolute atomic E-state index is 0.218. The molecule has 1 fully saturated rings. The van der Waals surface area contributed by atoms with Gasteiger partial charge in [-0.1, -0.05) is 24.2 Å². The maximum Gasteiger partial charge on any atom is 0.573 e. The Hall–Kier alpha value is -2.09. The Morgan fingerprint density at radius 2 is 1.96 bits per heavy atom. The van der Waals surface area contributed by atoms with Gasteiger partial charge in [0, 0.05) is 12.0 Å². The summed E-state index contributed by atoms with van der Waals surface area (Å²) in [7, 11) is 0. The van der Waals surface area contributed by atoms with Gasteiger partial charge in [-0.15, -0.1) is 13.2 Å². The Morgan fingerprint density at radius 1 is 1.25 bits per heavy atom. The maximum atomic E-state index is 12.2. The van der Waals surface area contributed by atoms with Gasteiger partial charge in [0.05, 0.1) is 6.54 Å². The lowest BCUT2D eigenvalue weighted by Gasteiger charge is -2.17. The van der Waals surface area contributed by atoms with Crippen LogP contribution in [0.25, 0.3) is 0 Å². The van der Waals surface area contributed by atoms with E-state index in [4.69, 9.17) is 4.52 Å². The first kappa shape index (κ1) is 16.8. The summed E-state index contributed by atoms with van der Waals surface area (Å²) in [6.07, 6.45) is -1.17. The predicted molar refractivity (Wildman–Crippen MR) is 79.2 cm³/mol. The third-order valence-electron chi connectivity index (χ3n) is 3.95. The van der Waals surface area contributed by atoms with Crippen molar-refractivity contribution in [3.05, 3.63) is 41.5 Å². The predicted octanol–water partition coefficient (Wildman–Crippen LogP) is 3.70. The van der Waals surface area contributed by atoms with Gasteiger partial charge in [-0.25, -0.2) is 0 Å². The molecule has 1 aliphatic carbocycles.